The van der Waals surface area contributed by atoms with E-state index in [0.29, 0.717) is 5.92 Å². The average Bonchev–Trinajstić information content (AvgIpc) is 3.15. The van der Waals surface area contributed by atoms with Crippen molar-refractivity contribution in [1.29, 1.82) is 0 Å². The third-order valence-corrected chi connectivity index (χ3v) is 3.29. The van der Waals surface area contributed by atoms with E-state index in [1.807, 2.05) is 11.8 Å². The first-order valence-corrected chi connectivity index (χ1v) is 6.34. The van der Waals surface area contributed by atoms with Crippen molar-refractivity contribution >= 4 is 5.78 Å². The van der Waals surface area contributed by atoms with Crippen molar-refractivity contribution in [3.05, 3.63) is 29.6 Å². The summed E-state index contributed by atoms with van der Waals surface area (Å²) in [5.41, 5.74) is 0.0734. The molecule has 1 saturated carbocycles. The van der Waals surface area contributed by atoms with Gasteiger partial charge in [-0.3, -0.25) is 9.69 Å². The molecule has 0 saturated heterocycles. The Morgan fingerprint density at radius 3 is 2.83 bits per heavy atom. The van der Waals surface area contributed by atoms with Gasteiger partial charge in [0.2, 0.25) is 0 Å². The predicted octanol–water partition coefficient (Wildman–Crippen LogP) is 2.45. The van der Waals surface area contributed by atoms with Gasteiger partial charge in [-0.05, 0) is 43.5 Å². The zero-order valence-electron chi connectivity index (χ0n) is 10.5. The average molecular weight is 251 g/mol. The molecular weight excluding hydrogens is 233 g/mol. The van der Waals surface area contributed by atoms with Crippen LogP contribution in [-0.4, -0.2) is 35.4 Å². The summed E-state index contributed by atoms with van der Waals surface area (Å²) in [5.74, 6) is -0.168. The third-order valence-electron chi connectivity index (χ3n) is 3.29. The van der Waals surface area contributed by atoms with Gasteiger partial charge < -0.3 is 5.11 Å². The Hall–Kier alpha value is -1.42. The van der Waals surface area contributed by atoms with Crippen LogP contribution in [0.1, 0.15) is 30.1 Å². The summed E-state index contributed by atoms with van der Waals surface area (Å²) in [6.45, 7) is 3.95. The Bertz CT molecular complexity index is 443. The van der Waals surface area contributed by atoms with E-state index in [4.69, 9.17) is 0 Å². The van der Waals surface area contributed by atoms with Crippen molar-refractivity contribution in [3.8, 4) is 5.75 Å². The second-order valence-electron chi connectivity index (χ2n) is 4.86. The number of phenols is 1. The lowest BCUT2D eigenvalue weighted by Gasteiger charge is -2.19. The number of nitrogens with zero attached hydrogens (tertiary/aromatic N) is 1. The van der Waals surface area contributed by atoms with Gasteiger partial charge in [0.1, 0.15) is 11.6 Å². The monoisotopic (exact) mass is 251 g/mol. The number of hydrogen-bond acceptors (Lipinski definition) is 3. The van der Waals surface area contributed by atoms with Gasteiger partial charge in [-0.15, -0.1) is 0 Å². The fraction of sp³-hybridized carbons (Fsp3) is 0.500. The number of halogens is 1. The summed E-state index contributed by atoms with van der Waals surface area (Å²) in [6.07, 6.45) is 2.46. The molecule has 0 heterocycles. The van der Waals surface area contributed by atoms with Gasteiger partial charge in [-0.1, -0.05) is 6.92 Å². The minimum absolute atomic E-state index is 0.0734. The largest absolute Gasteiger partial charge is 0.507 e. The summed E-state index contributed by atoms with van der Waals surface area (Å²) >= 11 is 0. The number of phenolic OH excluding ortho intramolecular Hbond substituents is 1. The van der Waals surface area contributed by atoms with Crippen LogP contribution in [0.15, 0.2) is 18.2 Å². The molecule has 3 nitrogen and oxygen atoms in total. The van der Waals surface area contributed by atoms with E-state index in [9.17, 15) is 14.3 Å². The maximum absolute atomic E-state index is 13.1. The highest BCUT2D eigenvalue weighted by Crippen LogP contribution is 2.29. The van der Waals surface area contributed by atoms with Gasteiger partial charge >= 0.3 is 0 Å². The minimum Gasteiger partial charge on any atom is -0.507 e. The number of rotatable bonds is 6. The lowest BCUT2D eigenvalue weighted by atomic mass is 10.1. The molecule has 1 N–H and O–H groups in total. The second-order valence-corrected chi connectivity index (χ2v) is 4.86. The predicted molar refractivity (Wildman–Crippen MR) is 67.2 cm³/mol. The van der Waals surface area contributed by atoms with E-state index in [-0.39, 0.29) is 23.6 Å². The van der Waals surface area contributed by atoms with Crippen LogP contribution in [-0.2, 0) is 0 Å². The Morgan fingerprint density at radius 1 is 1.50 bits per heavy atom. The molecule has 18 heavy (non-hydrogen) atoms. The summed E-state index contributed by atoms with van der Waals surface area (Å²) in [7, 11) is 0. The lowest BCUT2D eigenvalue weighted by molar-refractivity contribution is 0.0928. The first-order valence-electron chi connectivity index (χ1n) is 6.34. The molecule has 0 radical (unpaired) electrons. The van der Waals surface area contributed by atoms with Crippen LogP contribution in [0.4, 0.5) is 4.39 Å². The molecule has 0 spiro atoms. The maximum atomic E-state index is 13.1. The smallest absolute Gasteiger partial charge is 0.180 e. The molecule has 0 aromatic heterocycles. The number of hydrogen-bond donors (Lipinski definition) is 1. The number of carbonyl (C=O) groups is 1. The third kappa shape index (κ3) is 3.29. The number of benzene rings is 1. The maximum Gasteiger partial charge on any atom is 0.180 e. The molecule has 0 atom stereocenters. The number of likely N-dealkylation sites (N-methyl/N-ethyl adjacent to an activating group) is 1. The number of ketones is 1. The molecule has 98 valence electrons. The van der Waals surface area contributed by atoms with Gasteiger partial charge in [-0.25, -0.2) is 4.39 Å². The van der Waals surface area contributed by atoms with Crippen LogP contribution in [0, 0.1) is 11.7 Å². The lowest BCUT2D eigenvalue weighted by Crippen LogP contribution is -2.31. The molecule has 1 aromatic carbocycles. The van der Waals surface area contributed by atoms with E-state index < -0.39 is 5.82 Å². The fourth-order valence-corrected chi connectivity index (χ4v) is 1.99. The summed E-state index contributed by atoms with van der Waals surface area (Å²) in [6, 6.07) is 3.47. The highest BCUT2D eigenvalue weighted by molar-refractivity contribution is 6.00. The quantitative estimate of drug-likeness (QED) is 0.789. The van der Waals surface area contributed by atoms with Crippen molar-refractivity contribution in [2.45, 2.75) is 19.8 Å². The van der Waals surface area contributed by atoms with E-state index in [1.54, 1.807) is 0 Å². The van der Waals surface area contributed by atoms with E-state index in [2.05, 4.69) is 0 Å². The van der Waals surface area contributed by atoms with Crippen LogP contribution in [0.2, 0.25) is 0 Å². The van der Waals surface area contributed by atoms with Gasteiger partial charge in [0, 0.05) is 6.54 Å². The molecule has 1 fully saturated rings. The molecule has 0 amide bonds. The van der Waals surface area contributed by atoms with Gasteiger partial charge in [0.15, 0.2) is 5.78 Å². The molecule has 0 bridgehead atoms. The summed E-state index contributed by atoms with van der Waals surface area (Å²) < 4.78 is 13.1. The number of aromatic hydroxyl groups is 1. The molecule has 1 aliphatic rings. The van der Waals surface area contributed by atoms with E-state index in [0.717, 1.165) is 25.2 Å². The number of Topliss-reactive ketones (excluding diaryl/α,β-unsaturated/α-hetero) is 1. The Kier molecular flexibility index (Phi) is 3.97. The number of carbonyl (C=O) groups excluding carboxylic acids is 1. The van der Waals surface area contributed by atoms with Gasteiger partial charge in [0.25, 0.3) is 0 Å². The molecule has 4 heteroatoms. The second kappa shape index (κ2) is 5.48. The molecule has 0 unspecified atom stereocenters. The summed E-state index contributed by atoms with van der Waals surface area (Å²) in [4.78, 5) is 14.1. The van der Waals surface area contributed by atoms with Crippen molar-refractivity contribution in [2.24, 2.45) is 5.92 Å². The van der Waals surface area contributed by atoms with Crippen molar-refractivity contribution in [2.75, 3.05) is 19.6 Å². The van der Waals surface area contributed by atoms with Crippen LogP contribution >= 0.6 is 0 Å². The normalized spacial score (nSPS) is 15.1. The zero-order chi connectivity index (χ0) is 13.1. The highest BCUT2D eigenvalue weighted by atomic mass is 19.1. The van der Waals surface area contributed by atoms with Crippen LogP contribution < -0.4 is 0 Å². The van der Waals surface area contributed by atoms with Crippen LogP contribution in [0.5, 0.6) is 5.75 Å². The van der Waals surface area contributed by atoms with Crippen molar-refractivity contribution < 1.29 is 14.3 Å². The van der Waals surface area contributed by atoms with Crippen LogP contribution in [0.25, 0.3) is 0 Å². The first kappa shape index (κ1) is 13.0. The molecule has 1 aromatic rings. The van der Waals surface area contributed by atoms with Crippen molar-refractivity contribution in [1.82, 2.24) is 4.90 Å². The zero-order valence-corrected chi connectivity index (χ0v) is 10.5. The topological polar surface area (TPSA) is 40.5 Å². The minimum atomic E-state index is -0.499. The Morgan fingerprint density at radius 2 is 2.22 bits per heavy atom. The SMILES string of the molecule is CCN(CC(=O)c1cc(F)ccc1O)CC1CC1. The molecule has 0 aliphatic heterocycles. The van der Waals surface area contributed by atoms with E-state index in [1.165, 1.54) is 18.9 Å². The van der Waals surface area contributed by atoms with Gasteiger partial charge in [0.05, 0.1) is 12.1 Å². The Balaban J connectivity index is 2.02. The van der Waals surface area contributed by atoms with Crippen molar-refractivity contribution in [3.63, 3.8) is 0 Å². The Labute approximate surface area is 106 Å². The molecule has 2 rings (SSSR count). The van der Waals surface area contributed by atoms with E-state index >= 15 is 0 Å². The highest BCUT2D eigenvalue weighted by Gasteiger charge is 2.25. The van der Waals surface area contributed by atoms with Crippen LogP contribution in [0.3, 0.4) is 0 Å². The standard InChI is InChI=1S/C14H18FNO2/c1-2-16(8-10-3-4-10)9-14(18)12-7-11(15)5-6-13(12)17/h5-7,10,17H,2-4,8-9H2,1H3. The first-order chi connectivity index (χ1) is 8.60. The molecule has 1 aliphatic carbocycles. The summed E-state index contributed by atoms with van der Waals surface area (Å²) in [5, 5.41) is 9.58. The molecular formula is C14H18FNO2. The van der Waals surface area contributed by atoms with Gasteiger partial charge in [-0.2, -0.15) is 0 Å². The fourth-order valence-electron chi connectivity index (χ4n) is 1.99.